The minimum Gasteiger partial charge on any atom is -0.122 e. The standard InChI is InChI=1S/C20H20S/c1-2-8-16(9-3-1)21-20-12-6-11-18-17-10-5-4-7-15(17)13-14-19(18)20/h4-7,10-14,16H,1-3,8-9H2. The molecule has 1 saturated carbocycles. The predicted molar refractivity (Wildman–Crippen MR) is 94.2 cm³/mol. The van der Waals surface area contributed by atoms with Gasteiger partial charge in [-0.05, 0) is 40.5 Å². The summed E-state index contributed by atoms with van der Waals surface area (Å²) in [6.07, 6.45) is 7.01. The number of hydrogen-bond acceptors (Lipinski definition) is 1. The molecule has 0 nitrogen and oxygen atoms in total. The highest BCUT2D eigenvalue weighted by molar-refractivity contribution is 8.00. The molecule has 0 aromatic heterocycles. The Labute approximate surface area is 130 Å². The van der Waals surface area contributed by atoms with Crippen molar-refractivity contribution in [1.82, 2.24) is 0 Å². The lowest BCUT2D eigenvalue weighted by Crippen LogP contribution is -2.07. The van der Waals surface area contributed by atoms with E-state index in [1.54, 1.807) is 0 Å². The molecule has 0 aliphatic heterocycles. The summed E-state index contributed by atoms with van der Waals surface area (Å²) in [5.74, 6) is 0. The molecule has 0 radical (unpaired) electrons. The van der Waals surface area contributed by atoms with Crippen molar-refractivity contribution in [3.63, 3.8) is 0 Å². The van der Waals surface area contributed by atoms with Gasteiger partial charge in [-0.15, -0.1) is 11.8 Å². The van der Waals surface area contributed by atoms with Crippen LogP contribution >= 0.6 is 11.8 Å². The maximum absolute atomic E-state index is 2.31. The lowest BCUT2D eigenvalue weighted by Gasteiger charge is -2.21. The van der Waals surface area contributed by atoms with Crippen LogP contribution < -0.4 is 0 Å². The average molecular weight is 292 g/mol. The van der Waals surface area contributed by atoms with Gasteiger partial charge in [0, 0.05) is 10.1 Å². The Morgan fingerprint density at radius 3 is 2.38 bits per heavy atom. The largest absolute Gasteiger partial charge is 0.122 e. The maximum atomic E-state index is 2.31. The Bertz CT molecular complexity index is 769. The van der Waals surface area contributed by atoms with E-state index in [0.29, 0.717) is 0 Å². The van der Waals surface area contributed by atoms with Crippen LogP contribution in [0.1, 0.15) is 32.1 Å². The molecule has 4 rings (SSSR count). The molecule has 1 aliphatic carbocycles. The molecule has 0 spiro atoms. The second-order valence-electron chi connectivity index (χ2n) is 6.02. The van der Waals surface area contributed by atoms with Crippen LogP contribution in [0.25, 0.3) is 21.5 Å². The summed E-state index contributed by atoms with van der Waals surface area (Å²) < 4.78 is 0. The number of rotatable bonds is 2. The van der Waals surface area contributed by atoms with Crippen molar-refractivity contribution in [2.45, 2.75) is 42.2 Å². The summed E-state index contributed by atoms with van der Waals surface area (Å²) in [5.41, 5.74) is 0. The predicted octanol–water partition coefficient (Wildman–Crippen LogP) is 6.42. The highest BCUT2D eigenvalue weighted by Gasteiger charge is 2.16. The zero-order valence-electron chi connectivity index (χ0n) is 12.2. The van der Waals surface area contributed by atoms with E-state index in [1.165, 1.54) is 58.5 Å². The second-order valence-corrected chi connectivity index (χ2v) is 7.36. The molecular formula is C20H20S. The molecule has 0 amide bonds. The van der Waals surface area contributed by atoms with Crippen LogP contribution in [0.4, 0.5) is 0 Å². The van der Waals surface area contributed by atoms with E-state index >= 15 is 0 Å². The molecule has 0 N–H and O–H groups in total. The van der Waals surface area contributed by atoms with Crippen molar-refractivity contribution in [2.24, 2.45) is 0 Å². The summed E-state index contributed by atoms with van der Waals surface area (Å²) in [5, 5.41) is 6.35. The van der Waals surface area contributed by atoms with E-state index in [0.717, 1.165) is 5.25 Å². The first kappa shape index (κ1) is 13.2. The average Bonchev–Trinajstić information content (AvgIpc) is 2.56. The normalized spacial score (nSPS) is 16.6. The van der Waals surface area contributed by atoms with Gasteiger partial charge in [0.1, 0.15) is 0 Å². The topological polar surface area (TPSA) is 0 Å². The minimum absolute atomic E-state index is 0.816. The van der Waals surface area contributed by atoms with Crippen molar-refractivity contribution >= 4 is 33.3 Å². The van der Waals surface area contributed by atoms with Gasteiger partial charge in [0.25, 0.3) is 0 Å². The Balaban J connectivity index is 1.80. The molecular weight excluding hydrogens is 272 g/mol. The third kappa shape index (κ3) is 2.55. The fourth-order valence-corrected chi connectivity index (χ4v) is 4.87. The van der Waals surface area contributed by atoms with Gasteiger partial charge < -0.3 is 0 Å². The first-order chi connectivity index (χ1) is 10.4. The number of hydrogen-bond donors (Lipinski definition) is 0. The van der Waals surface area contributed by atoms with Crippen LogP contribution in [-0.2, 0) is 0 Å². The lowest BCUT2D eigenvalue weighted by atomic mass is 10.0. The molecule has 3 aromatic rings. The third-order valence-corrected chi connectivity index (χ3v) is 6.01. The van der Waals surface area contributed by atoms with E-state index in [1.807, 2.05) is 0 Å². The molecule has 0 heterocycles. The van der Waals surface area contributed by atoms with Crippen LogP contribution in [0.5, 0.6) is 0 Å². The quantitative estimate of drug-likeness (QED) is 0.491. The summed E-state index contributed by atoms with van der Waals surface area (Å²) >= 11 is 2.10. The lowest BCUT2D eigenvalue weighted by molar-refractivity contribution is 0.516. The summed E-state index contributed by atoms with van der Waals surface area (Å²) in [4.78, 5) is 1.46. The Morgan fingerprint density at radius 2 is 1.48 bits per heavy atom. The monoisotopic (exact) mass is 292 g/mol. The molecule has 1 heteroatoms. The summed E-state index contributed by atoms with van der Waals surface area (Å²) in [7, 11) is 0. The zero-order chi connectivity index (χ0) is 14.1. The van der Waals surface area contributed by atoms with E-state index in [-0.39, 0.29) is 0 Å². The van der Waals surface area contributed by atoms with Gasteiger partial charge in [-0.3, -0.25) is 0 Å². The SMILES string of the molecule is c1ccc2c(c1)ccc1c(SC3CCCCC3)cccc12. The van der Waals surface area contributed by atoms with Crippen molar-refractivity contribution in [1.29, 1.82) is 0 Å². The van der Waals surface area contributed by atoms with Gasteiger partial charge >= 0.3 is 0 Å². The Morgan fingerprint density at radius 1 is 0.667 bits per heavy atom. The van der Waals surface area contributed by atoms with Crippen LogP contribution in [0, 0.1) is 0 Å². The molecule has 0 saturated heterocycles. The highest BCUT2D eigenvalue weighted by atomic mass is 32.2. The molecule has 106 valence electrons. The maximum Gasteiger partial charge on any atom is 0.0153 e. The first-order valence-electron chi connectivity index (χ1n) is 7.99. The fourth-order valence-electron chi connectivity index (χ4n) is 3.48. The Kier molecular flexibility index (Phi) is 3.60. The first-order valence-corrected chi connectivity index (χ1v) is 8.87. The van der Waals surface area contributed by atoms with Crippen LogP contribution in [0.2, 0.25) is 0 Å². The summed E-state index contributed by atoms with van der Waals surface area (Å²) in [6, 6.07) is 20.1. The van der Waals surface area contributed by atoms with Crippen LogP contribution in [0.3, 0.4) is 0 Å². The van der Waals surface area contributed by atoms with E-state index in [4.69, 9.17) is 0 Å². The molecule has 3 aromatic carbocycles. The van der Waals surface area contributed by atoms with Gasteiger partial charge in [-0.25, -0.2) is 0 Å². The second kappa shape index (κ2) is 5.73. The van der Waals surface area contributed by atoms with Crippen molar-refractivity contribution < 1.29 is 0 Å². The third-order valence-electron chi connectivity index (χ3n) is 4.59. The fraction of sp³-hybridized carbons (Fsp3) is 0.300. The van der Waals surface area contributed by atoms with Gasteiger partial charge in [0.2, 0.25) is 0 Å². The number of benzene rings is 3. The molecule has 0 unspecified atom stereocenters. The molecule has 0 atom stereocenters. The molecule has 1 fully saturated rings. The molecule has 21 heavy (non-hydrogen) atoms. The van der Waals surface area contributed by atoms with Gasteiger partial charge in [0.05, 0.1) is 0 Å². The van der Waals surface area contributed by atoms with Crippen molar-refractivity contribution in [3.05, 3.63) is 54.6 Å². The van der Waals surface area contributed by atoms with Crippen molar-refractivity contribution in [2.75, 3.05) is 0 Å². The molecule has 1 aliphatic rings. The number of fused-ring (bicyclic) bond motifs is 3. The number of thioether (sulfide) groups is 1. The smallest absolute Gasteiger partial charge is 0.0153 e. The zero-order valence-corrected chi connectivity index (χ0v) is 13.0. The minimum atomic E-state index is 0.816. The molecule has 0 bridgehead atoms. The Hall–Kier alpha value is -1.47. The van der Waals surface area contributed by atoms with Gasteiger partial charge in [0.15, 0.2) is 0 Å². The summed E-state index contributed by atoms with van der Waals surface area (Å²) in [6.45, 7) is 0. The highest BCUT2D eigenvalue weighted by Crippen LogP contribution is 2.38. The van der Waals surface area contributed by atoms with Crippen molar-refractivity contribution in [3.8, 4) is 0 Å². The van der Waals surface area contributed by atoms with E-state index < -0.39 is 0 Å². The van der Waals surface area contributed by atoms with Crippen LogP contribution in [-0.4, -0.2) is 5.25 Å². The van der Waals surface area contributed by atoms with E-state index in [2.05, 4.69) is 66.4 Å². The van der Waals surface area contributed by atoms with Gasteiger partial charge in [-0.1, -0.05) is 67.8 Å². The van der Waals surface area contributed by atoms with Crippen LogP contribution in [0.15, 0.2) is 59.5 Å². The van der Waals surface area contributed by atoms with Gasteiger partial charge in [-0.2, -0.15) is 0 Å². The van der Waals surface area contributed by atoms with E-state index in [9.17, 15) is 0 Å².